The Morgan fingerprint density at radius 1 is 1.22 bits per heavy atom. The highest BCUT2D eigenvalue weighted by molar-refractivity contribution is 5.67. The van der Waals surface area contributed by atoms with Crippen LogP contribution in [-0.4, -0.2) is 23.6 Å². The maximum absolute atomic E-state index is 11.1. The molecule has 104 valence electrons. The molecule has 0 heterocycles. The molecule has 2 atom stereocenters. The van der Waals surface area contributed by atoms with Crippen LogP contribution >= 0.6 is 0 Å². The molecule has 0 aliphatic carbocycles. The molecule has 0 radical (unpaired) electrons. The summed E-state index contributed by atoms with van der Waals surface area (Å²) in [4.78, 5) is 22.2. The molecule has 18 heavy (non-hydrogen) atoms. The highest BCUT2D eigenvalue weighted by atomic mass is 16.6. The Morgan fingerprint density at radius 2 is 1.78 bits per heavy atom. The molecule has 0 rings (SSSR count). The Kier molecular flexibility index (Phi) is 6.66. The van der Waals surface area contributed by atoms with Crippen molar-refractivity contribution in [3.05, 3.63) is 12.7 Å². The molecule has 0 spiro atoms. The standard InChI is InChI=1S/C14H24O4/c1-7-10(2)8-9-13(17-11(3)15)14(5,6)18-12(4)16/h7,10,13H,1,8-9H2,2-6H3. The van der Waals surface area contributed by atoms with Gasteiger partial charge >= 0.3 is 11.9 Å². The number of hydrogen-bond donors (Lipinski definition) is 0. The van der Waals surface area contributed by atoms with Crippen molar-refractivity contribution in [3.8, 4) is 0 Å². The van der Waals surface area contributed by atoms with E-state index in [4.69, 9.17) is 9.47 Å². The van der Waals surface area contributed by atoms with Crippen LogP contribution in [0.5, 0.6) is 0 Å². The molecule has 0 saturated heterocycles. The Hall–Kier alpha value is -1.32. The van der Waals surface area contributed by atoms with Crippen LogP contribution in [0.2, 0.25) is 0 Å². The Labute approximate surface area is 109 Å². The van der Waals surface area contributed by atoms with Crippen molar-refractivity contribution in [2.45, 2.75) is 59.2 Å². The van der Waals surface area contributed by atoms with Crippen molar-refractivity contribution in [1.82, 2.24) is 0 Å². The summed E-state index contributed by atoms with van der Waals surface area (Å²) in [5.41, 5.74) is -0.821. The van der Waals surface area contributed by atoms with Crippen molar-refractivity contribution in [2.24, 2.45) is 5.92 Å². The third-order valence-corrected chi connectivity index (χ3v) is 2.78. The lowest BCUT2D eigenvalue weighted by Gasteiger charge is -2.33. The number of esters is 2. The summed E-state index contributed by atoms with van der Waals surface area (Å²) < 4.78 is 10.5. The van der Waals surface area contributed by atoms with Gasteiger partial charge in [-0.15, -0.1) is 6.58 Å². The fraction of sp³-hybridized carbons (Fsp3) is 0.714. The van der Waals surface area contributed by atoms with Crippen molar-refractivity contribution < 1.29 is 19.1 Å². The summed E-state index contributed by atoms with van der Waals surface area (Å²) in [6.45, 7) is 12.0. The minimum absolute atomic E-state index is 0.330. The second kappa shape index (κ2) is 7.19. The van der Waals surface area contributed by atoms with E-state index in [0.29, 0.717) is 12.3 Å². The largest absolute Gasteiger partial charge is 0.458 e. The molecule has 0 bridgehead atoms. The summed E-state index contributed by atoms with van der Waals surface area (Å²) in [5.74, 6) is -0.420. The van der Waals surface area contributed by atoms with Crippen molar-refractivity contribution >= 4 is 11.9 Å². The zero-order valence-corrected chi connectivity index (χ0v) is 12.0. The Bertz CT molecular complexity index is 307. The van der Waals surface area contributed by atoms with E-state index in [0.717, 1.165) is 6.42 Å². The zero-order valence-electron chi connectivity index (χ0n) is 12.0. The van der Waals surface area contributed by atoms with E-state index < -0.39 is 11.7 Å². The van der Waals surface area contributed by atoms with E-state index in [1.807, 2.05) is 13.0 Å². The third-order valence-electron chi connectivity index (χ3n) is 2.78. The molecule has 0 amide bonds. The number of carbonyl (C=O) groups excluding carboxylic acids is 2. The summed E-state index contributed by atoms with van der Waals surface area (Å²) in [6, 6.07) is 0. The van der Waals surface area contributed by atoms with E-state index in [1.54, 1.807) is 13.8 Å². The van der Waals surface area contributed by atoms with Gasteiger partial charge in [-0.3, -0.25) is 9.59 Å². The molecule has 0 aromatic heterocycles. The van der Waals surface area contributed by atoms with Gasteiger partial charge in [0.15, 0.2) is 0 Å². The molecule has 0 aromatic carbocycles. The molecule has 0 aromatic rings. The van der Waals surface area contributed by atoms with Gasteiger partial charge in [-0.2, -0.15) is 0 Å². The van der Waals surface area contributed by atoms with Crippen LogP contribution < -0.4 is 0 Å². The Balaban J connectivity index is 4.69. The molecule has 0 saturated carbocycles. The number of ether oxygens (including phenoxy) is 2. The predicted molar refractivity (Wildman–Crippen MR) is 70.0 cm³/mol. The van der Waals surface area contributed by atoms with E-state index in [-0.39, 0.29) is 11.9 Å². The van der Waals surface area contributed by atoms with Crippen molar-refractivity contribution in [3.63, 3.8) is 0 Å². The fourth-order valence-corrected chi connectivity index (χ4v) is 1.72. The zero-order chi connectivity index (χ0) is 14.3. The van der Waals surface area contributed by atoms with Crippen molar-refractivity contribution in [2.75, 3.05) is 0 Å². The first kappa shape index (κ1) is 16.7. The summed E-state index contributed by atoms with van der Waals surface area (Å²) >= 11 is 0. The van der Waals surface area contributed by atoms with Gasteiger partial charge in [-0.05, 0) is 32.6 Å². The van der Waals surface area contributed by atoms with Crippen LogP contribution in [0.1, 0.15) is 47.5 Å². The number of carbonyl (C=O) groups is 2. The van der Waals surface area contributed by atoms with Gasteiger partial charge in [0.25, 0.3) is 0 Å². The van der Waals surface area contributed by atoms with Gasteiger partial charge in [0.2, 0.25) is 0 Å². The number of rotatable bonds is 7. The van der Waals surface area contributed by atoms with E-state index >= 15 is 0 Å². The minimum Gasteiger partial charge on any atom is -0.458 e. The SMILES string of the molecule is C=CC(C)CCC(OC(C)=O)C(C)(C)OC(C)=O. The third kappa shape index (κ3) is 6.42. The molecular weight excluding hydrogens is 232 g/mol. The van der Waals surface area contributed by atoms with Gasteiger partial charge in [0.1, 0.15) is 11.7 Å². The average Bonchev–Trinajstić information content (AvgIpc) is 2.21. The number of allylic oxidation sites excluding steroid dienone is 1. The molecule has 0 aliphatic rings. The summed E-state index contributed by atoms with van der Waals surface area (Å²) in [6.07, 6.45) is 2.87. The smallest absolute Gasteiger partial charge is 0.303 e. The van der Waals surface area contributed by atoms with Crippen LogP contribution in [-0.2, 0) is 19.1 Å². The van der Waals surface area contributed by atoms with Crippen LogP contribution in [0.3, 0.4) is 0 Å². The van der Waals surface area contributed by atoms with Crippen LogP contribution in [0.25, 0.3) is 0 Å². The molecule has 2 unspecified atom stereocenters. The monoisotopic (exact) mass is 256 g/mol. The second-order valence-electron chi connectivity index (χ2n) is 5.09. The lowest BCUT2D eigenvalue weighted by molar-refractivity contribution is -0.179. The summed E-state index contributed by atoms with van der Waals surface area (Å²) in [5, 5.41) is 0. The maximum atomic E-state index is 11.1. The van der Waals surface area contributed by atoms with Gasteiger partial charge in [0, 0.05) is 13.8 Å². The van der Waals surface area contributed by atoms with E-state index in [2.05, 4.69) is 6.58 Å². The quantitative estimate of drug-likeness (QED) is 0.519. The lowest BCUT2D eigenvalue weighted by atomic mass is 9.93. The second-order valence-corrected chi connectivity index (χ2v) is 5.09. The van der Waals surface area contributed by atoms with Crippen molar-refractivity contribution in [1.29, 1.82) is 0 Å². The van der Waals surface area contributed by atoms with Crippen LogP contribution in [0.4, 0.5) is 0 Å². The highest BCUT2D eigenvalue weighted by Gasteiger charge is 2.35. The first-order valence-corrected chi connectivity index (χ1v) is 6.18. The maximum Gasteiger partial charge on any atom is 0.303 e. The first-order chi connectivity index (χ1) is 8.19. The Morgan fingerprint density at radius 3 is 2.17 bits per heavy atom. The van der Waals surface area contributed by atoms with Gasteiger partial charge in [-0.1, -0.05) is 13.0 Å². The highest BCUT2D eigenvalue weighted by Crippen LogP contribution is 2.24. The van der Waals surface area contributed by atoms with Gasteiger partial charge in [0.05, 0.1) is 0 Å². The van der Waals surface area contributed by atoms with Gasteiger partial charge in [-0.25, -0.2) is 0 Å². The normalized spacial score (nSPS) is 14.5. The summed E-state index contributed by atoms with van der Waals surface area (Å²) in [7, 11) is 0. The molecule has 4 heteroatoms. The predicted octanol–water partition coefficient (Wildman–Crippen LogP) is 2.86. The minimum atomic E-state index is -0.821. The molecule has 0 N–H and O–H groups in total. The average molecular weight is 256 g/mol. The molecule has 4 nitrogen and oxygen atoms in total. The molecule has 0 aliphatic heterocycles. The molecular formula is C14H24O4. The number of hydrogen-bond acceptors (Lipinski definition) is 4. The fourth-order valence-electron chi connectivity index (χ4n) is 1.72. The van der Waals surface area contributed by atoms with Crippen LogP contribution in [0.15, 0.2) is 12.7 Å². The van der Waals surface area contributed by atoms with Gasteiger partial charge < -0.3 is 9.47 Å². The topological polar surface area (TPSA) is 52.6 Å². The van der Waals surface area contributed by atoms with E-state index in [1.165, 1.54) is 13.8 Å². The molecule has 0 fully saturated rings. The van der Waals surface area contributed by atoms with E-state index in [9.17, 15) is 9.59 Å². The lowest BCUT2D eigenvalue weighted by Crippen LogP contribution is -2.43. The first-order valence-electron chi connectivity index (χ1n) is 6.18. The van der Waals surface area contributed by atoms with Crippen LogP contribution in [0, 0.1) is 5.92 Å².